The fraction of sp³-hybridized carbons (Fsp3) is 0.208. The van der Waals surface area contributed by atoms with Gasteiger partial charge >= 0.3 is 6.18 Å². The van der Waals surface area contributed by atoms with Crippen molar-refractivity contribution >= 4 is 23.3 Å². The van der Waals surface area contributed by atoms with Crippen LogP contribution in [0.5, 0.6) is 0 Å². The molecule has 2 heterocycles. The van der Waals surface area contributed by atoms with Gasteiger partial charge in [0.05, 0.1) is 16.4 Å². The summed E-state index contributed by atoms with van der Waals surface area (Å²) in [6, 6.07) is 15.2. The van der Waals surface area contributed by atoms with Gasteiger partial charge in [0.25, 0.3) is 5.91 Å². The van der Waals surface area contributed by atoms with Crippen LogP contribution in [0.4, 0.5) is 19.0 Å². The minimum Gasteiger partial charge on any atom is -0.359 e. The molecule has 176 valence electrons. The summed E-state index contributed by atoms with van der Waals surface area (Å²) in [6.07, 6.45) is -4.63. The number of para-hydroxylation sites is 1. The number of anilines is 1. The summed E-state index contributed by atoms with van der Waals surface area (Å²) in [5, 5.41) is 10.5. The Hall–Kier alpha value is -3.59. The predicted octanol–water partition coefficient (Wildman–Crippen LogP) is 6.75. The first-order valence-electron chi connectivity index (χ1n) is 10.2. The number of rotatable bonds is 4. The highest BCUT2D eigenvalue weighted by molar-refractivity contribution is 6.32. The molecule has 0 aliphatic carbocycles. The average Bonchev–Trinajstić information content (AvgIpc) is 3.41. The van der Waals surface area contributed by atoms with E-state index in [0.29, 0.717) is 22.6 Å². The van der Waals surface area contributed by atoms with Crippen LogP contribution < -0.4 is 5.32 Å². The van der Waals surface area contributed by atoms with Crippen molar-refractivity contribution in [3.63, 3.8) is 0 Å². The first-order chi connectivity index (χ1) is 15.9. The molecule has 2 aromatic carbocycles. The first kappa shape index (κ1) is 23.6. The standard InChI is InChI=1S/C24H20ClF3N4O2/c1-23(2,3)20-13-21(31-34-20)29-22(33)15-10-8-14(9-11-15)18-12-19(24(26,27)28)30-32(18)17-7-5-4-6-16(17)25/h4-13H,1-3H3,(H,29,31,33). The fourth-order valence-electron chi connectivity index (χ4n) is 3.20. The number of hydrogen-bond donors (Lipinski definition) is 1. The number of nitrogens with zero attached hydrogens (tertiary/aromatic N) is 3. The van der Waals surface area contributed by atoms with Crippen LogP contribution in [0, 0.1) is 0 Å². The second-order valence-electron chi connectivity index (χ2n) is 8.63. The molecule has 2 aromatic heterocycles. The lowest BCUT2D eigenvalue weighted by Gasteiger charge is -2.12. The molecule has 0 bridgehead atoms. The summed E-state index contributed by atoms with van der Waals surface area (Å²) in [6.45, 7) is 5.86. The van der Waals surface area contributed by atoms with E-state index in [1.807, 2.05) is 20.8 Å². The van der Waals surface area contributed by atoms with Gasteiger partial charge in [-0.05, 0) is 30.3 Å². The van der Waals surface area contributed by atoms with E-state index in [0.717, 1.165) is 10.7 Å². The molecule has 34 heavy (non-hydrogen) atoms. The Morgan fingerprint density at radius 1 is 1.03 bits per heavy atom. The molecule has 0 fully saturated rings. The molecular weight excluding hydrogens is 469 g/mol. The smallest absolute Gasteiger partial charge is 0.359 e. The molecule has 1 amide bonds. The van der Waals surface area contributed by atoms with Crippen LogP contribution in [0.1, 0.15) is 42.6 Å². The van der Waals surface area contributed by atoms with Crippen LogP contribution in [-0.4, -0.2) is 20.8 Å². The van der Waals surface area contributed by atoms with Gasteiger partial charge in [0.2, 0.25) is 0 Å². The number of carbonyl (C=O) groups excluding carboxylic acids is 1. The Labute approximate surface area is 198 Å². The van der Waals surface area contributed by atoms with Crippen LogP contribution >= 0.6 is 11.6 Å². The lowest BCUT2D eigenvalue weighted by atomic mass is 9.93. The maximum absolute atomic E-state index is 13.4. The van der Waals surface area contributed by atoms with E-state index < -0.39 is 17.8 Å². The molecule has 0 aliphatic heterocycles. The number of alkyl halides is 3. The summed E-state index contributed by atoms with van der Waals surface area (Å²) in [5.41, 5.74) is -0.113. The Bertz CT molecular complexity index is 1340. The highest BCUT2D eigenvalue weighted by atomic mass is 35.5. The third kappa shape index (κ3) is 4.84. The zero-order valence-corrected chi connectivity index (χ0v) is 19.2. The van der Waals surface area contributed by atoms with E-state index in [4.69, 9.17) is 16.1 Å². The van der Waals surface area contributed by atoms with E-state index >= 15 is 0 Å². The minimum atomic E-state index is -4.63. The third-order valence-electron chi connectivity index (χ3n) is 5.01. The van der Waals surface area contributed by atoms with Gasteiger partial charge in [-0.2, -0.15) is 18.3 Å². The van der Waals surface area contributed by atoms with E-state index in [-0.39, 0.29) is 21.9 Å². The van der Waals surface area contributed by atoms with Gasteiger partial charge < -0.3 is 9.84 Å². The van der Waals surface area contributed by atoms with Crippen LogP contribution in [-0.2, 0) is 11.6 Å². The quantitative estimate of drug-likeness (QED) is 0.345. The Kier molecular flexibility index (Phi) is 5.99. The summed E-state index contributed by atoms with van der Waals surface area (Å²) < 4.78 is 46.6. The summed E-state index contributed by atoms with van der Waals surface area (Å²) in [5.74, 6) is 0.452. The second-order valence-corrected chi connectivity index (χ2v) is 9.04. The molecule has 4 rings (SSSR count). The molecule has 0 aliphatic rings. The molecule has 0 spiro atoms. The number of nitrogens with one attached hydrogen (secondary N) is 1. The zero-order chi connectivity index (χ0) is 24.7. The van der Waals surface area contributed by atoms with Gasteiger partial charge in [0.1, 0.15) is 5.76 Å². The maximum atomic E-state index is 13.4. The number of hydrogen-bond acceptors (Lipinski definition) is 4. The lowest BCUT2D eigenvalue weighted by molar-refractivity contribution is -0.141. The molecule has 10 heteroatoms. The molecule has 0 atom stereocenters. The number of carbonyl (C=O) groups is 1. The summed E-state index contributed by atoms with van der Waals surface area (Å²) in [7, 11) is 0. The van der Waals surface area contributed by atoms with Gasteiger partial charge in [-0.25, -0.2) is 4.68 Å². The Balaban J connectivity index is 1.64. The van der Waals surface area contributed by atoms with Crippen molar-refractivity contribution in [1.29, 1.82) is 0 Å². The number of halogens is 4. The van der Waals surface area contributed by atoms with Gasteiger partial charge in [0, 0.05) is 22.6 Å². The monoisotopic (exact) mass is 488 g/mol. The topological polar surface area (TPSA) is 73.0 Å². The van der Waals surface area contributed by atoms with Crippen molar-refractivity contribution in [3.8, 4) is 16.9 Å². The molecule has 0 saturated carbocycles. The van der Waals surface area contributed by atoms with E-state index in [1.165, 1.54) is 12.1 Å². The Morgan fingerprint density at radius 2 is 1.71 bits per heavy atom. The van der Waals surface area contributed by atoms with E-state index in [2.05, 4.69) is 15.6 Å². The van der Waals surface area contributed by atoms with Crippen molar-refractivity contribution in [2.75, 3.05) is 5.32 Å². The van der Waals surface area contributed by atoms with Crippen molar-refractivity contribution in [2.45, 2.75) is 32.4 Å². The normalized spacial score (nSPS) is 12.1. The van der Waals surface area contributed by atoms with Gasteiger partial charge in [-0.1, -0.05) is 61.8 Å². The van der Waals surface area contributed by atoms with Crippen molar-refractivity contribution in [1.82, 2.24) is 14.9 Å². The molecule has 0 unspecified atom stereocenters. The van der Waals surface area contributed by atoms with Crippen LogP contribution in [0.2, 0.25) is 5.02 Å². The fourth-order valence-corrected chi connectivity index (χ4v) is 3.42. The lowest BCUT2D eigenvalue weighted by Crippen LogP contribution is -2.12. The molecule has 0 radical (unpaired) electrons. The summed E-state index contributed by atoms with van der Waals surface area (Å²) >= 11 is 6.21. The summed E-state index contributed by atoms with van der Waals surface area (Å²) in [4.78, 5) is 12.6. The van der Waals surface area contributed by atoms with Crippen molar-refractivity contribution in [3.05, 3.63) is 82.7 Å². The predicted molar refractivity (Wildman–Crippen MR) is 122 cm³/mol. The van der Waals surface area contributed by atoms with Gasteiger partial charge in [-0.15, -0.1) is 0 Å². The molecular formula is C24H20ClF3N4O2. The second kappa shape index (κ2) is 8.64. The SMILES string of the molecule is CC(C)(C)c1cc(NC(=O)c2ccc(-c3cc(C(F)(F)F)nn3-c3ccccc3Cl)cc2)no1. The minimum absolute atomic E-state index is 0.179. The number of amides is 1. The molecule has 1 N–H and O–H groups in total. The van der Waals surface area contributed by atoms with Crippen molar-refractivity contribution < 1.29 is 22.5 Å². The highest BCUT2D eigenvalue weighted by Crippen LogP contribution is 2.34. The number of benzene rings is 2. The zero-order valence-electron chi connectivity index (χ0n) is 18.4. The molecule has 4 aromatic rings. The van der Waals surface area contributed by atoms with E-state index in [9.17, 15) is 18.0 Å². The average molecular weight is 489 g/mol. The third-order valence-corrected chi connectivity index (χ3v) is 5.33. The molecule has 6 nitrogen and oxygen atoms in total. The number of aromatic nitrogens is 3. The Morgan fingerprint density at radius 3 is 2.29 bits per heavy atom. The maximum Gasteiger partial charge on any atom is 0.435 e. The van der Waals surface area contributed by atoms with Gasteiger partial charge in [0.15, 0.2) is 11.5 Å². The van der Waals surface area contributed by atoms with Crippen molar-refractivity contribution in [2.24, 2.45) is 0 Å². The highest BCUT2D eigenvalue weighted by Gasteiger charge is 2.35. The first-order valence-corrected chi connectivity index (χ1v) is 10.6. The van der Waals surface area contributed by atoms with Crippen LogP contribution in [0.3, 0.4) is 0 Å². The largest absolute Gasteiger partial charge is 0.435 e. The van der Waals surface area contributed by atoms with E-state index in [1.54, 1.807) is 42.5 Å². The van der Waals surface area contributed by atoms with Crippen LogP contribution in [0.15, 0.2) is 65.2 Å². The molecule has 0 saturated heterocycles. The van der Waals surface area contributed by atoms with Crippen LogP contribution in [0.25, 0.3) is 16.9 Å². The van der Waals surface area contributed by atoms with Gasteiger partial charge in [-0.3, -0.25) is 4.79 Å².